The minimum absolute atomic E-state index is 0.0395. The van der Waals surface area contributed by atoms with E-state index < -0.39 is 20.8 Å². The van der Waals surface area contributed by atoms with E-state index in [-0.39, 0.29) is 20.6 Å². The maximum absolute atomic E-state index is 13.6. The summed E-state index contributed by atoms with van der Waals surface area (Å²) in [5, 5.41) is 2.40. The number of nitrogens with zero attached hydrogens (tertiary/aromatic N) is 1. The van der Waals surface area contributed by atoms with Gasteiger partial charge >= 0.3 is 0 Å². The summed E-state index contributed by atoms with van der Waals surface area (Å²) in [6, 6.07) is 4.12. The lowest BCUT2D eigenvalue weighted by atomic mass is 10.1. The van der Waals surface area contributed by atoms with E-state index in [9.17, 15) is 17.6 Å². The van der Waals surface area contributed by atoms with Crippen molar-refractivity contribution in [2.24, 2.45) is 0 Å². The summed E-state index contributed by atoms with van der Waals surface area (Å²) in [5.41, 5.74) is 0.758. The first kappa shape index (κ1) is 15.9. The van der Waals surface area contributed by atoms with Crippen LogP contribution in [0.5, 0.6) is 0 Å². The molecule has 5 nitrogen and oxygen atoms in total. The van der Waals surface area contributed by atoms with Gasteiger partial charge in [0.15, 0.2) is 9.34 Å². The van der Waals surface area contributed by atoms with Gasteiger partial charge in [0, 0.05) is 10.7 Å². The van der Waals surface area contributed by atoms with Crippen molar-refractivity contribution in [1.82, 2.24) is 4.98 Å². The van der Waals surface area contributed by atoms with E-state index in [0.29, 0.717) is 11.3 Å². The Labute approximate surface area is 129 Å². The first-order valence-corrected chi connectivity index (χ1v) is 8.80. The highest BCUT2D eigenvalue weighted by molar-refractivity contribution is 8.15. The highest BCUT2D eigenvalue weighted by atomic mass is 35.7. The normalized spacial score (nSPS) is 11.4. The van der Waals surface area contributed by atoms with Crippen LogP contribution in [0.2, 0.25) is 0 Å². The van der Waals surface area contributed by atoms with Gasteiger partial charge in [-0.05, 0) is 26.0 Å². The van der Waals surface area contributed by atoms with Gasteiger partial charge < -0.3 is 0 Å². The molecule has 9 heteroatoms. The van der Waals surface area contributed by atoms with E-state index >= 15 is 0 Å². The maximum Gasteiger partial charge on any atom is 0.272 e. The average Bonchev–Trinajstić information content (AvgIpc) is 2.73. The molecule has 0 bridgehead atoms. The Bertz CT molecular complexity index is 818. The molecule has 112 valence electrons. The van der Waals surface area contributed by atoms with Gasteiger partial charge in [-0.3, -0.25) is 10.1 Å². The Morgan fingerprint density at radius 1 is 1.38 bits per heavy atom. The van der Waals surface area contributed by atoms with Gasteiger partial charge in [-0.1, -0.05) is 23.0 Å². The van der Waals surface area contributed by atoms with Crippen molar-refractivity contribution in [3.63, 3.8) is 0 Å². The van der Waals surface area contributed by atoms with Crippen LogP contribution in [0.1, 0.15) is 21.6 Å². The lowest BCUT2D eigenvalue weighted by Gasteiger charge is -2.04. The predicted octanol–water partition coefficient (Wildman–Crippen LogP) is 3.08. The lowest BCUT2D eigenvalue weighted by molar-refractivity contribution is 0.102. The number of halogens is 2. The molecule has 2 rings (SSSR count). The molecule has 0 saturated heterocycles. The molecule has 1 aromatic carbocycles. The maximum atomic E-state index is 13.6. The number of hydrogen-bond donors (Lipinski definition) is 1. The summed E-state index contributed by atoms with van der Waals surface area (Å²) in [4.78, 5) is 15.9. The zero-order valence-corrected chi connectivity index (χ0v) is 13.4. The van der Waals surface area contributed by atoms with Gasteiger partial charge in [-0.2, -0.15) is 0 Å². The summed E-state index contributed by atoms with van der Waals surface area (Å²) in [6.45, 7) is 3.18. The Hall–Kier alpha value is -1.51. The smallest absolute Gasteiger partial charge is 0.272 e. The van der Waals surface area contributed by atoms with E-state index in [1.165, 1.54) is 25.1 Å². The van der Waals surface area contributed by atoms with E-state index in [2.05, 4.69) is 10.3 Å². The monoisotopic (exact) mass is 348 g/mol. The third-order valence-corrected chi connectivity index (χ3v) is 5.81. The fourth-order valence-electron chi connectivity index (χ4n) is 1.64. The summed E-state index contributed by atoms with van der Waals surface area (Å²) in [6.07, 6.45) is 0. The number of rotatable bonds is 3. The topological polar surface area (TPSA) is 76.1 Å². The van der Waals surface area contributed by atoms with Gasteiger partial charge in [-0.15, -0.1) is 0 Å². The Morgan fingerprint density at radius 3 is 2.62 bits per heavy atom. The molecule has 1 aromatic heterocycles. The first-order chi connectivity index (χ1) is 9.68. The number of hydrogen-bond acceptors (Lipinski definition) is 5. The summed E-state index contributed by atoms with van der Waals surface area (Å²) in [5.74, 6) is -1.37. The second kappa shape index (κ2) is 5.70. The SMILES string of the molecule is Cc1ccc(F)c(C(=O)Nc2nc(C)c(S(=O)(=O)Cl)s2)c1. The highest BCUT2D eigenvalue weighted by Gasteiger charge is 2.21. The van der Waals surface area contributed by atoms with E-state index in [0.717, 1.165) is 5.56 Å². The van der Waals surface area contributed by atoms with Crippen LogP contribution in [0.25, 0.3) is 0 Å². The van der Waals surface area contributed by atoms with Crippen molar-refractivity contribution in [1.29, 1.82) is 0 Å². The summed E-state index contributed by atoms with van der Waals surface area (Å²) >= 11 is 0.714. The number of benzene rings is 1. The minimum atomic E-state index is -3.93. The number of carbonyl (C=O) groups excluding carboxylic acids is 1. The predicted molar refractivity (Wildman–Crippen MR) is 79.0 cm³/mol. The number of nitrogens with one attached hydrogen (secondary N) is 1. The molecule has 21 heavy (non-hydrogen) atoms. The number of amides is 1. The van der Waals surface area contributed by atoms with Crippen molar-refractivity contribution in [3.8, 4) is 0 Å². The van der Waals surface area contributed by atoms with Crippen molar-refractivity contribution >= 4 is 42.1 Å². The van der Waals surface area contributed by atoms with Gasteiger partial charge in [0.05, 0.1) is 11.3 Å². The summed E-state index contributed by atoms with van der Waals surface area (Å²) < 4.78 is 36.0. The third-order valence-electron chi connectivity index (χ3n) is 2.56. The van der Waals surface area contributed by atoms with Crippen LogP contribution in [0.15, 0.2) is 22.4 Å². The first-order valence-electron chi connectivity index (χ1n) is 5.68. The molecule has 1 N–H and O–H groups in total. The summed E-state index contributed by atoms with van der Waals surface area (Å²) in [7, 11) is 1.32. The molecule has 0 unspecified atom stereocenters. The zero-order chi connectivity index (χ0) is 15.8. The molecular formula is C12H10ClFN2O3S2. The molecule has 0 aliphatic carbocycles. The van der Waals surface area contributed by atoms with Crippen molar-refractivity contribution in [3.05, 3.63) is 40.8 Å². The molecule has 0 radical (unpaired) electrons. The molecule has 1 amide bonds. The van der Waals surface area contributed by atoms with Crippen LogP contribution in [0.4, 0.5) is 9.52 Å². The highest BCUT2D eigenvalue weighted by Crippen LogP contribution is 2.30. The van der Waals surface area contributed by atoms with Crippen LogP contribution in [0.3, 0.4) is 0 Å². The molecule has 0 aliphatic heterocycles. The van der Waals surface area contributed by atoms with Crippen LogP contribution in [-0.2, 0) is 9.05 Å². The quantitative estimate of drug-likeness (QED) is 0.865. The van der Waals surface area contributed by atoms with Crippen LogP contribution in [0, 0.1) is 19.7 Å². The van der Waals surface area contributed by atoms with Crippen molar-refractivity contribution in [2.45, 2.75) is 18.1 Å². The Kier molecular flexibility index (Phi) is 4.31. The largest absolute Gasteiger partial charge is 0.298 e. The number of carbonyl (C=O) groups is 1. The average molecular weight is 349 g/mol. The fourth-order valence-corrected chi connectivity index (χ4v) is 3.99. The van der Waals surface area contributed by atoms with Gasteiger partial charge in [0.25, 0.3) is 15.0 Å². The lowest BCUT2D eigenvalue weighted by Crippen LogP contribution is -2.13. The van der Waals surface area contributed by atoms with E-state index in [1.54, 1.807) is 6.92 Å². The second-order valence-corrected chi connectivity index (χ2v) is 8.03. The molecule has 0 spiro atoms. The zero-order valence-electron chi connectivity index (χ0n) is 11.0. The molecule has 0 atom stereocenters. The number of thiazole rings is 1. The molecule has 0 fully saturated rings. The van der Waals surface area contributed by atoms with Crippen molar-refractivity contribution < 1.29 is 17.6 Å². The van der Waals surface area contributed by atoms with Crippen LogP contribution < -0.4 is 5.32 Å². The molecule has 0 aliphatic rings. The standard InChI is InChI=1S/C12H10ClFN2O3S2/c1-6-3-4-9(14)8(5-6)10(17)16-12-15-7(2)11(20-12)21(13,18)19/h3-5H,1-2H3,(H,15,16,17). The van der Waals surface area contributed by atoms with Gasteiger partial charge in [-0.25, -0.2) is 17.8 Å². The van der Waals surface area contributed by atoms with Gasteiger partial charge in [0.1, 0.15) is 5.82 Å². The van der Waals surface area contributed by atoms with E-state index in [1.807, 2.05) is 0 Å². The molecule has 0 saturated carbocycles. The van der Waals surface area contributed by atoms with Crippen LogP contribution in [-0.4, -0.2) is 19.3 Å². The molecular weight excluding hydrogens is 339 g/mol. The van der Waals surface area contributed by atoms with Crippen molar-refractivity contribution in [2.75, 3.05) is 5.32 Å². The van der Waals surface area contributed by atoms with Gasteiger partial charge in [0.2, 0.25) is 0 Å². The number of aryl methyl sites for hydroxylation is 2. The third kappa shape index (κ3) is 3.58. The number of anilines is 1. The van der Waals surface area contributed by atoms with Crippen LogP contribution >= 0.6 is 22.0 Å². The Balaban J connectivity index is 2.30. The second-order valence-electron chi connectivity index (χ2n) is 4.27. The fraction of sp³-hybridized carbons (Fsp3) is 0.167. The Morgan fingerprint density at radius 2 is 2.05 bits per heavy atom. The molecule has 1 heterocycles. The van der Waals surface area contributed by atoms with E-state index in [4.69, 9.17) is 10.7 Å². The molecule has 2 aromatic rings. The minimum Gasteiger partial charge on any atom is -0.298 e. The number of aromatic nitrogens is 1.